The molecule has 0 radical (unpaired) electrons. The molecule has 0 N–H and O–H groups in total. The first-order valence-electron chi connectivity index (χ1n) is 5.07. The van der Waals surface area contributed by atoms with E-state index >= 15 is 0 Å². The summed E-state index contributed by atoms with van der Waals surface area (Å²) in [5.74, 6) is -0.121. The van der Waals surface area contributed by atoms with E-state index in [1.807, 2.05) is 12.1 Å². The number of hydrogen-bond donors (Lipinski definition) is 0. The highest BCUT2D eigenvalue weighted by atomic mass is 19.1. The SMILES string of the molecule is Cc1cc(CCC2OC2C)ccc1F. The van der Waals surface area contributed by atoms with E-state index in [2.05, 4.69) is 6.92 Å². The van der Waals surface area contributed by atoms with Gasteiger partial charge in [-0.15, -0.1) is 0 Å². The Morgan fingerprint density at radius 1 is 1.43 bits per heavy atom. The second-order valence-electron chi connectivity index (χ2n) is 4.00. The molecule has 1 aromatic carbocycles. The zero-order chi connectivity index (χ0) is 10.1. The molecule has 1 aliphatic rings. The Morgan fingerprint density at radius 3 is 2.71 bits per heavy atom. The lowest BCUT2D eigenvalue weighted by molar-refractivity contribution is 0.370. The maximum atomic E-state index is 12.9. The maximum absolute atomic E-state index is 12.9. The van der Waals surface area contributed by atoms with Gasteiger partial charge < -0.3 is 4.74 Å². The van der Waals surface area contributed by atoms with Crippen LogP contribution in [0.1, 0.15) is 24.5 Å². The molecule has 76 valence electrons. The first-order chi connectivity index (χ1) is 6.66. The van der Waals surface area contributed by atoms with Gasteiger partial charge in [0.05, 0.1) is 12.2 Å². The maximum Gasteiger partial charge on any atom is 0.126 e. The van der Waals surface area contributed by atoms with E-state index in [9.17, 15) is 4.39 Å². The van der Waals surface area contributed by atoms with Crippen molar-refractivity contribution in [2.24, 2.45) is 0 Å². The van der Waals surface area contributed by atoms with Crippen molar-refractivity contribution in [1.29, 1.82) is 0 Å². The van der Waals surface area contributed by atoms with Crippen molar-refractivity contribution in [2.75, 3.05) is 0 Å². The predicted molar refractivity (Wildman–Crippen MR) is 53.8 cm³/mol. The number of halogens is 1. The Labute approximate surface area is 83.9 Å². The van der Waals surface area contributed by atoms with E-state index in [1.54, 1.807) is 13.0 Å². The van der Waals surface area contributed by atoms with Crippen molar-refractivity contribution >= 4 is 0 Å². The lowest BCUT2D eigenvalue weighted by atomic mass is 10.0. The van der Waals surface area contributed by atoms with E-state index in [1.165, 1.54) is 5.56 Å². The number of benzene rings is 1. The minimum absolute atomic E-state index is 0.121. The van der Waals surface area contributed by atoms with Crippen LogP contribution in [0.25, 0.3) is 0 Å². The molecule has 2 atom stereocenters. The van der Waals surface area contributed by atoms with Gasteiger partial charge in [0, 0.05) is 0 Å². The Kier molecular flexibility index (Phi) is 2.55. The highest BCUT2D eigenvalue weighted by Crippen LogP contribution is 2.26. The van der Waals surface area contributed by atoms with Crippen LogP contribution >= 0.6 is 0 Å². The van der Waals surface area contributed by atoms with Gasteiger partial charge in [0.2, 0.25) is 0 Å². The third-order valence-corrected chi connectivity index (χ3v) is 2.78. The molecule has 1 aromatic rings. The zero-order valence-corrected chi connectivity index (χ0v) is 8.59. The average Bonchev–Trinajstić information content (AvgIpc) is 2.85. The van der Waals surface area contributed by atoms with Crippen molar-refractivity contribution < 1.29 is 9.13 Å². The number of aryl methyl sites for hydroxylation is 2. The quantitative estimate of drug-likeness (QED) is 0.674. The number of hydrogen-bond acceptors (Lipinski definition) is 1. The van der Waals surface area contributed by atoms with Crippen LogP contribution < -0.4 is 0 Å². The normalized spacial score (nSPS) is 25.1. The summed E-state index contributed by atoms with van der Waals surface area (Å²) in [7, 11) is 0. The van der Waals surface area contributed by atoms with Gasteiger partial charge in [-0.05, 0) is 43.9 Å². The second-order valence-corrected chi connectivity index (χ2v) is 4.00. The molecule has 1 saturated heterocycles. The van der Waals surface area contributed by atoms with E-state index in [4.69, 9.17) is 4.74 Å². The highest BCUT2D eigenvalue weighted by molar-refractivity contribution is 5.24. The monoisotopic (exact) mass is 194 g/mol. The molecule has 0 aliphatic carbocycles. The lowest BCUT2D eigenvalue weighted by Crippen LogP contribution is -1.95. The van der Waals surface area contributed by atoms with Crippen LogP contribution in [0.15, 0.2) is 18.2 Å². The fourth-order valence-corrected chi connectivity index (χ4v) is 1.70. The molecule has 0 bridgehead atoms. The van der Waals surface area contributed by atoms with E-state index in [-0.39, 0.29) is 5.82 Å². The summed E-state index contributed by atoms with van der Waals surface area (Å²) in [6.07, 6.45) is 2.89. The summed E-state index contributed by atoms with van der Waals surface area (Å²) in [6, 6.07) is 5.32. The lowest BCUT2D eigenvalue weighted by Gasteiger charge is -2.01. The standard InChI is InChI=1S/C12H15FO/c1-8-7-10(3-5-11(8)13)4-6-12-9(2)14-12/h3,5,7,9,12H,4,6H2,1-2H3. The van der Waals surface area contributed by atoms with Gasteiger partial charge in [0.15, 0.2) is 0 Å². The van der Waals surface area contributed by atoms with Gasteiger partial charge in [-0.3, -0.25) is 0 Å². The van der Waals surface area contributed by atoms with Gasteiger partial charge >= 0.3 is 0 Å². The zero-order valence-electron chi connectivity index (χ0n) is 8.59. The van der Waals surface area contributed by atoms with Crippen molar-refractivity contribution in [3.05, 3.63) is 35.1 Å². The van der Waals surface area contributed by atoms with E-state index in [0.29, 0.717) is 12.2 Å². The van der Waals surface area contributed by atoms with Crippen LogP contribution in [0.4, 0.5) is 4.39 Å². The molecule has 2 heteroatoms. The minimum Gasteiger partial charge on any atom is -0.370 e. The average molecular weight is 194 g/mol. The second kappa shape index (κ2) is 3.70. The molecule has 2 unspecified atom stereocenters. The van der Waals surface area contributed by atoms with Gasteiger partial charge in [0.1, 0.15) is 5.82 Å². The topological polar surface area (TPSA) is 12.5 Å². The van der Waals surface area contributed by atoms with E-state index < -0.39 is 0 Å². The smallest absolute Gasteiger partial charge is 0.126 e. The van der Waals surface area contributed by atoms with Crippen LogP contribution in [-0.4, -0.2) is 12.2 Å². The van der Waals surface area contributed by atoms with Crippen LogP contribution in [-0.2, 0) is 11.2 Å². The molecule has 0 saturated carbocycles. The molecule has 1 nitrogen and oxygen atoms in total. The third kappa shape index (κ3) is 2.13. The largest absolute Gasteiger partial charge is 0.370 e. The van der Waals surface area contributed by atoms with Gasteiger partial charge in [-0.2, -0.15) is 0 Å². The number of rotatable bonds is 3. The summed E-state index contributed by atoms with van der Waals surface area (Å²) in [4.78, 5) is 0. The summed E-state index contributed by atoms with van der Waals surface area (Å²) in [5, 5.41) is 0. The van der Waals surface area contributed by atoms with Gasteiger partial charge in [-0.25, -0.2) is 4.39 Å². The number of ether oxygens (including phenoxy) is 1. The van der Waals surface area contributed by atoms with Crippen LogP contribution in [0, 0.1) is 12.7 Å². The first-order valence-corrected chi connectivity index (χ1v) is 5.07. The molecule has 14 heavy (non-hydrogen) atoms. The predicted octanol–water partition coefficient (Wildman–Crippen LogP) is 2.85. The van der Waals surface area contributed by atoms with E-state index in [0.717, 1.165) is 18.4 Å². The highest BCUT2D eigenvalue weighted by Gasteiger charge is 2.33. The molecular formula is C12H15FO. The van der Waals surface area contributed by atoms with Gasteiger partial charge in [0.25, 0.3) is 0 Å². The third-order valence-electron chi connectivity index (χ3n) is 2.78. The molecule has 2 rings (SSSR count). The van der Waals surface area contributed by atoms with Crippen molar-refractivity contribution in [3.63, 3.8) is 0 Å². The van der Waals surface area contributed by atoms with Crippen molar-refractivity contribution in [3.8, 4) is 0 Å². The summed E-state index contributed by atoms with van der Waals surface area (Å²) in [5.41, 5.74) is 1.93. The Hall–Kier alpha value is -0.890. The van der Waals surface area contributed by atoms with Crippen molar-refractivity contribution in [1.82, 2.24) is 0 Å². The Balaban J connectivity index is 1.92. The summed E-state index contributed by atoms with van der Waals surface area (Å²) >= 11 is 0. The van der Waals surface area contributed by atoms with Gasteiger partial charge in [-0.1, -0.05) is 12.1 Å². The first kappa shape index (κ1) is 9.66. The Morgan fingerprint density at radius 2 is 2.14 bits per heavy atom. The minimum atomic E-state index is -0.121. The fraction of sp³-hybridized carbons (Fsp3) is 0.500. The summed E-state index contributed by atoms with van der Waals surface area (Å²) < 4.78 is 18.3. The van der Waals surface area contributed by atoms with Crippen LogP contribution in [0.5, 0.6) is 0 Å². The molecule has 0 spiro atoms. The van der Waals surface area contributed by atoms with Crippen LogP contribution in [0.3, 0.4) is 0 Å². The van der Waals surface area contributed by atoms with Crippen LogP contribution in [0.2, 0.25) is 0 Å². The number of epoxide rings is 1. The molecule has 0 amide bonds. The van der Waals surface area contributed by atoms with Crippen molar-refractivity contribution in [2.45, 2.75) is 38.9 Å². The molecule has 1 heterocycles. The molecule has 1 fully saturated rings. The Bertz CT molecular complexity index is 335. The fourth-order valence-electron chi connectivity index (χ4n) is 1.70. The summed E-state index contributed by atoms with van der Waals surface area (Å²) in [6.45, 7) is 3.88. The molecular weight excluding hydrogens is 179 g/mol. The molecule has 0 aromatic heterocycles. The molecule has 1 aliphatic heterocycles.